The molecule has 0 atom stereocenters. The maximum absolute atomic E-state index is 12.9. The Kier molecular flexibility index (Phi) is 7.61. The molecule has 1 heterocycles. The molecule has 0 aromatic heterocycles. The zero-order valence-corrected chi connectivity index (χ0v) is 18.9. The first-order chi connectivity index (χ1) is 16.3. The van der Waals surface area contributed by atoms with Crippen LogP contribution >= 0.6 is 0 Å². The molecule has 3 rings (SSSR count). The van der Waals surface area contributed by atoms with E-state index in [1.54, 1.807) is 0 Å². The molecule has 1 aliphatic heterocycles. The van der Waals surface area contributed by atoms with Gasteiger partial charge in [0.25, 0.3) is 23.2 Å². The molecule has 1 saturated heterocycles. The quantitative estimate of drug-likeness (QED) is 0.441. The van der Waals surface area contributed by atoms with E-state index in [0.717, 1.165) is 0 Å². The van der Waals surface area contributed by atoms with Crippen LogP contribution in [0.2, 0.25) is 0 Å². The van der Waals surface area contributed by atoms with Crippen molar-refractivity contribution in [1.82, 2.24) is 9.80 Å². The van der Waals surface area contributed by atoms with Crippen LogP contribution in [-0.4, -0.2) is 70.7 Å². The summed E-state index contributed by atoms with van der Waals surface area (Å²) in [5.41, 5.74) is 0.723. The summed E-state index contributed by atoms with van der Waals surface area (Å²) in [6, 6.07) is 8.61. The van der Waals surface area contributed by atoms with Crippen molar-refractivity contribution >= 4 is 34.6 Å². The molecule has 1 fully saturated rings. The largest absolute Gasteiger partial charge is 0.380 e. The number of carbonyl (C=O) groups excluding carboxylic acids is 2. The lowest BCUT2D eigenvalue weighted by molar-refractivity contribution is -0.384. The summed E-state index contributed by atoms with van der Waals surface area (Å²) >= 11 is 0. The smallest absolute Gasteiger partial charge is 0.293 e. The Morgan fingerprint density at radius 1 is 0.765 bits per heavy atom. The highest BCUT2D eigenvalue weighted by Gasteiger charge is 2.28. The van der Waals surface area contributed by atoms with Gasteiger partial charge in [-0.05, 0) is 38.1 Å². The molecule has 2 aromatic carbocycles. The molecular formula is C22H26N6O6. The Bertz CT molecular complexity index is 1030. The van der Waals surface area contributed by atoms with E-state index < -0.39 is 9.85 Å². The topological polar surface area (TPSA) is 151 Å². The number of nitro benzene ring substituents is 2. The molecule has 0 spiro atoms. The molecular weight excluding hydrogens is 444 g/mol. The van der Waals surface area contributed by atoms with Crippen molar-refractivity contribution in [1.29, 1.82) is 0 Å². The molecule has 2 N–H and O–H groups in total. The van der Waals surface area contributed by atoms with Gasteiger partial charge in [0.1, 0.15) is 11.4 Å². The number of nitrogens with zero attached hydrogens (tertiary/aromatic N) is 4. The van der Waals surface area contributed by atoms with E-state index in [9.17, 15) is 29.8 Å². The van der Waals surface area contributed by atoms with Crippen molar-refractivity contribution in [3.05, 3.63) is 67.8 Å². The van der Waals surface area contributed by atoms with Gasteiger partial charge in [0.2, 0.25) is 0 Å². The van der Waals surface area contributed by atoms with E-state index in [2.05, 4.69) is 10.6 Å². The number of carbonyl (C=O) groups is 2. The van der Waals surface area contributed by atoms with Gasteiger partial charge in [-0.15, -0.1) is 0 Å². The van der Waals surface area contributed by atoms with Crippen LogP contribution in [0.4, 0.5) is 22.7 Å². The van der Waals surface area contributed by atoms with Gasteiger partial charge >= 0.3 is 0 Å². The number of nitro groups is 2. The van der Waals surface area contributed by atoms with Crippen molar-refractivity contribution in [3.8, 4) is 0 Å². The summed E-state index contributed by atoms with van der Waals surface area (Å²) in [7, 11) is 0. The minimum atomic E-state index is -0.536. The fraction of sp³-hybridized carbons (Fsp3) is 0.364. The highest BCUT2D eigenvalue weighted by Crippen LogP contribution is 2.28. The van der Waals surface area contributed by atoms with E-state index in [0.29, 0.717) is 24.5 Å². The highest BCUT2D eigenvalue weighted by molar-refractivity contribution is 5.97. The standard InChI is InChI=1S/C22H26N6O6/c1-3-23-17-7-5-15(13-19(17)27(31)32)21(29)25-9-11-26(12-10-25)22(30)16-6-8-18(24-4-2)20(14-16)28(33)34/h5-8,13-14,23-24H,3-4,9-12H2,1-2H3. The Hall–Kier alpha value is -4.22. The first-order valence-corrected chi connectivity index (χ1v) is 10.9. The molecule has 34 heavy (non-hydrogen) atoms. The summed E-state index contributed by atoms with van der Waals surface area (Å²) in [6.45, 7) is 5.61. The maximum atomic E-state index is 12.9. The van der Waals surface area contributed by atoms with Crippen LogP contribution < -0.4 is 10.6 Å². The van der Waals surface area contributed by atoms with Gasteiger partial charge in [0.15, 0.2) is 0 Å². The summed E-state index contributed by atoms with van der Waals surface area (Å²) in [5.74, 6) is -0.715. The van der Waals surface area contributed by atoms with Crippen molar-refractivity contribution in [2.24, 2.45) is 0 Å². The van der Waals surface area contributed by atoms with Gasteiger partial charge in [-0.3, -0.25) is 29.8 Å². The number of rotatable bonds is 8. The minimum absolute atomic E-state index is 0.177. The molecule has 0 bridgehead atoms. The molecule has 1 aliphatic rings. The van der Waals surface area contributed by atoms with Crippen molar-refractivity contribution in [2.75, 3.05) is 49.9 Å². The molecule has 0 aliphatic carbocycles. The number of anilines is 2. The van der Waals surface area contributed by atoms with E-state index in [1.165, 1.54) is 46.2 Å². The van der Waals surface area contributed by atoms with Crippen LogP contribution in [0, 0.1) is 20.2 Å². The second-order valence-electron chi connectivity index (χ2n) is 7.62. The number of hydrogen-bond donors (Lipinski definition) is 2. The normalized spacial score (nSPS) is 13.4. The maximum Gasteiger partial charge on any atom is 0.293 e. The predicted octanol–water partition coefficient (Wildman–Crippen LogP) is 2.96. The average molecular weight is 470 g/mol. The highest BCUT2D eigenvalue weighted by atomic mass is 16.6. The van der Waals surface area contributed by atoms with Gasteiger partial charge in [-0.2, -0.15) is 0 Å². The number of hydrogen-bond acceptors (Lipinski definition) is 8. The van der Waals surface area contributed by atoms with E-state index >= 15 is 0 Å². The second-order valence-corrected chi connectivity index (χ2v) is 7.62. The van der Waals surface area contributed by atoms with Crippen molar-refractivity contribution in [2.45, 2.75) is 13.8 Å². The first kappa shape index (κ1) is 24.4. The predicted molar refractivity (Wildman–Crippen MR) is 126 cm³/mol. The lowest BCUT2D eigenvalue weighted by Gasteiger charge is -2.34. The van der Waals surface area contributed by atoms with Crippen LogP contribution in [0.3, 0.4) is 0 Å². The van der Waals surface area contributed by atoms with Crippen LogP contribution in [0.1, 0.15) is 34.6 Å². The zero-order valence-electron chi connectivity index (χ0n) is 18.9. The minimum Gasteiger partial charge on any atom is -0.380 e. The lowest BCUT2D eigenvalue weighted by Crippen LogP contribution is -2.50. The Morgan fingerprint density at radius 2 is 1.12 bits per heavy atom. The van der Waals surface area contributed by atoms with Gasteiger partial charge in [-0.25, -0.2) is 0 Å². The van der Waals surface area contributed by atoms with Gasteiger partial charge in [0.05, 0.1) is 9.85 Å². The van der Waals surface area contributed by atoms with Gasteiger partial charge < -0.3 is 20.4 Å². The van der Waals surface area contributed by atoms with Crippen molar-refractivity contribution < 1.29 is 19.4 Å². The van der Waals surface area contributed by atoms with E-state index in [-0.39, 0.29) is 60.5 Å². The summed E-state index contributed by atoms with van der Waals surface area (Å²) in [5, 5.41) is 28.6. The van der Waals surface area contributed by atoms with Crippen LogP contribution in [0.5, 0.6) is 0 Å². The first-order valence-electron chi connectivity index (χ1n) is 10.9. The third-order valence-corrected chi connectivity index (χ3v) is 5.47. The summed E-state index contributed by atoms with van der Waals surface area (Å²) in [4.78, 5) is 50.6. The molecule has 2 aromatic rings. The van der Waals surface area contributed by atoms with E-state index in [1.807, 2.05) is 13.8 Å². The molecule has 180 valence electrons. The summed E-state index contributed by atoms with van der Waals surface area (Å²) in [6.07, 6.45) is 0. The number of amides is 2. The Morgan fingerprint density at radius 3 is 1.41 bits per heavy atom. The van der Waals surface area contributed by atoms with Crippen LogP contribution in [-0.2, 0) is 0 Å². The Labute approximate surface area is 195 Å². The SMILES string of the molecule is CCNc1ccc(C(=O)N2CCN(C(=O)c3ccc(NCC)c([N+](=O)[O-])c3)CC2)cc1[N+](=O)[O-]. The third-order valence-electron chi connectivity index (χ3n) is 5.47. The molecule has 0 saturated carbocycles. The Balaban J connectivity index is 1.69. The van der Waals surface area contributed by atoms with Crippen LogP contribution in [0.25, 0.3) is 0 Å². The van der Waals surface area contributed by atoms with Crippen molar-refractivity contribution in [3.63, 3.8) is 0 Å². The fourth-order valence-corrected chi connectivity index (χ4v) is 3.79. The fourth-order valence-electron chi connectivity index (χ4n) is 3.79. The zero-order chi connectivity index (χ0) is 24.8. The molecule has 2 amide bonds. The monoisotopic (exact) mass is 470 g/mol. The van der Waals surface area contributed by atoms with Gasteiger partial charge in [-0.1, -0.05) is 0 Å². The number of nitrogens with one attached hydrogen (secondary N) is 2. The number of piperazine rings is 1. The lowest BCUT2D eigenvalue weighted by atomic mass is 10.1. The molecule has 12 heteroatoms. The van der Waals surface area contributed by atoms with Gasteiger partial charge in [0, 0.05) is 62.5 Å². The summed E-state index contributed by atoms with van der Waals surface area (Å²) < 4.78 is 0. The third kappa shape index (κ3) is 5.22. The molecule has 0 unspecified atom stereocenters. The average Bonchev–Trinajstić information content (AvgIpc) is 2.84. The molecule has 0 radical (unpaired) electrons. The van der Waals surface area contributed by atoms with Crippen LogP contribution in [0.15, 0.2) is 36.4 Å². The second kappa shape index (κ2) is 10.6. The molecule has 12 nitrogen and oxygen atoms in total. The van der Waals surface area contributed by atoms with E-state index in [4.69, 9.17) is 0 Å². The number of benzene rings is 2.